The van der Waals surface area contributed by atoms with E-state index < -0.39 is 5.97 Å². The number of hydrogen-bond acceptors (Lipinski definition) is 3. The highest BCUT2D eigenvalue weighted by Gasteiger charge is 2.14. The zero-order valence-corrected chi connectivity index (χ0v) is 11.0. The lowest BCUT2D eigenvalue weighted by atomic mass is 10.1. The van der Waals surface area contributed by atoms with Crippen LogP contribution in [-0.4, -0.2) is 12.6 Å². The molecule has 3 nitrogen and oxygen atoms in total. The highest BCUT2D eigenvalue weighted by molar-refractivity contribution is 6.33. The fourth-order valence-electron chi connectivity index (χ4n) is 1.59. The van der Waals surface area contributed by atoms with Crippen molar-refractivity contribution in [3.63, 3.8) is 0 Å². The number of rotatable bonds is 5. The van der Waals surface area contributed by atoms with Gasteiger partial charge < -0.3 is 10.5 Å². The molecule has 0 aliphatic rings. The van der Waals surface area contributed by atoms with Crippen LogP contribution >= 0.6 is 11.6 Å². The number of nitrogens with two attached hydrogens (primary N) is 1. The third-order valence-corrected chi connectivity index (χ3v) is 2.88. The molecule has 94 valence electrons. The summed E-state index contributed by atoms with van der Waals surface area (Å²) in [5.41, 5.74) is 6.33. The van der Waals surface area contributed by atoms with Gasteiger partial charge in [-0.15, -0.1) is 0 Å². The molecule has 0 fully saturated rings. The van der Waals surface area contributed by atoms with Crippen molar-refractivity contribution in [1.29, 1.82) is 0 Å². The number of halogens is 1. The Morgan fingerprint density at radius 2 is 2.24 bits per heavy atom. The molecule has 0 radical (unpaired) electrons. The molecule has 0 heterocycles. The first-order valence-electron chi connectivity index (χ1n) is 5.77. The van der Waals surface area contributed by atoms with Gasteiger partial charge in [0.15, 0.2) is 0 Å². The van der Waals surface area contributed by atoms with E-state index in [9.17, 15) is 4.79 Å². The predicted molar refractivity (Wildman–Crippen MR) is 70.2 cm³/mol. The fourth-order valence-corrected chi connectivity index (χ4v) is 1.76. The number of hydrogen-bond donors (Lipinski definition) is 1. The molecule has 1 rings (SSSR count). The van der Waals surface area contributed by atoms with E-state index in [4.69, 9.17) is 22.1 Å². The van der Waals surface area contributed by atoms with Gasteiger partial charge in [-0.3, -0.25) is 0 Å². The van der Waals surface area contributed by atoms with Gasteiger partial charge in [-0.2, -0.15) is 0 Å². The largest absolute Gasteiger partial charge is 0.462 e. The van der Waals surface area contributed by atoms with E-state index in [-0.39, 0.29) is 5.69 Å². The third-order valence-electron chi connectivity index (χ3n) is 2.55. The van der Waals surface area contributed by atoms with Gasteiger partial charge in [-0.1, -0.05) is 37.9 Å². The molecule has 1 aromatic carbocycles. The molecule has 0 aliphatic heterocycles. The van der Waals surface area contributed by atoms with Crippen LogP contribution in [0.2, 0.25) is 5.02 Å². The summed E-state index contributed by atoms with van der Waals surface area (Å²) in [4.78, 5) is 11.8. The predicted octanol–water partition coefficient (Wildman–Crippen LogP) is 3.52. The van der Waals surface area contributed by atoms with Crippen LogP contribution in [0.4, 0.5) is 5.69 Å². The van der Waals surface area contributed by atoms with E-state index in [2.05, 4.69) is 13.8 Å². The van der Waals surface area contributed by atoms with E-state index in [1.165, 1.54) is 0 Å². The van der Waals surface area contributed by atoms with Gasteiger partial charge in [0.05, 0.1) is 22.9 Å². The molecule has 0 saturated heterocycles. The molecule has 0 amide bonds. The third kappa shape index (κ3) is 3.93. The number of esters is 1. The molecule has 0 saturated carbocycles. The summed E-state index contributed by atoms with van der Waals surface area (Å²) in [5.74, 6) is -0.0442. The number of ether oxygens (including phenoxy) is 1. The maximum atomic E-state index is 11.8. The summed E-state index contributed by atoms with van der Waals surface area (Å²) in [6.45, 7) is 4.57. The zero-order chi connectivity index (χ0) is 12.8. The van der Waals surface area contributed by atoms with Gasteiger partial charge in [-0.05, 0) is 24.5 Å². The zero-order valence-electron chi connectivity index (χ0n) is 10.2. The van der Waals surface area contributed by atoms with Crippen LogP contribution in [0.25, 0.3) is 0 Å². The summed E-state index contributed by atoms with van der Waals surface area (Å²) in [6.07, 6.45) is 2.12. The summed E-state index contributed by atoms with van der Waals surface area (Å²) in [6, 6.07) is 4.95. The average Bonchev–Trinajstić information content (AvgIpc) is 2.30. The van der Waals surface area contributed by atoms with Gasteiger partial charge in [0.1, 0.15) is 0 Å². The Kier molecular flexibility index (Phi) is 5.29. The first kappa shape index (κ1) is 13.8. The van der Waals surface area contributed by atoms with Crippen molar-refractivity contribution in [1.82, 2.24) is 0 Å². The monoisotopic (exact) mass is 255 g/mol. The summed E-state index contributed by atoms with van der Waals surface area (Å²) >= 11 is 5.84. The van der Waals surface area contributed by atoms with Crippen LogP contribution in [-0.2, 0) is 4.74 Å². The first-order valence-corrected chi connectivity index (χ1v) is 6.15. The number of carbonyl (C=O) groups is 1. The molecule has 2 N–H and O–H groups in total. The molecule has 1 unspecified atom stereocenters. The van der Waals surface area contributed by atoms with Crippen LogP contribution in [0.15, 0.2) is 18.2 Å². The molecule has 0 aliphatic carbocycles. The fraction of sp³-hybridized carbons (Fsp3) is 0.462. The molecule has 17 heavy (non-hydrogen) atoms. The molecular weight excluding hydrogens is 238 g/mol. The average molecular weight is 256 g/mol. The lowest BCUT2D eigenvalue weighted by Gasteiger charge is -2.12. The Hall–Kier alpha value is -1.22. The quantitative estimate of drug-likeness (QED) is 0.647. The number of para-hydroxylation sites is 1. The number of benzene rings is 1. The molecule has 1 aromatic rings. The second kappa shape index (κ2) is 6.50. The Morgan fingerprint density at radius 1 is 1.53 bits per heavy atom. The van der Waals surface area contributed by atoms with E-state index in [0.29, 0.717) is 23.1 Å². The number of anilines is 1. The lowest BCUT2D eigenvalue weighted by molar-refractivity contribution is 0.0445. The van der Waals surface area contributed by atoms with Crippen molar-refractivity contribution in [2.75, 3.05) is 12.3 Å². The Morgan fingerprint density at radius 3 is 2.88 bits per heavy atom. The summed E-state index contributed by atoms with van der Waals surface area (Å²) in [7, 11) is 0. The number of carbonyl (C=O) groups excluding carboxylic acids is 1. The molecule has 0 spiro atoms. The van der Waals surface area contributed by atoms with Crippen molar-refractivity contribution in [3.05, 3.63) is 28.8 Å². The normalized spacial score (nSPS) is 12.2. The highest BCUT2D eigenvalue weighted by Crippen LogP contribution is 2.23. The lowest BCUT2D eigenvalue weighted by Crippen LogP contribution is -2.13. The van der Waals surface area contributed by atoms with Crippen LogP contribution in [0.5, 0.6) is 0 Å². The molecule has 4 heteroatoms. The molecule has 0 bridgehead atoms. The van der Waals surface area contributed by atoms with Gasteiger partial charge in [0.25, 0.3) is 0 Å². The minimum Gasteiger partial charge on any atom is -0.462 e. The van der Waals surface area contributed by atoms with Crippen molar-refractivity contribution >= 4 is 23.3 Å². The summed E-state index contributed by atoms with van der Waals surface area (Å²) in [5, 5.41) is 0.376. The van der Waals surface area contributed by atoms with Crippen molar-refractivity contribution in [2.45, 2.75) is 26.7 Å². The minimum atomic E-state index is -0.409. The van der Waals surface area contributed by atoms with Gasteiger partial charge in [-0.25, -0.2) is 4.79 Å². The van der Waals surface area contributed by atoms with Crippen LogP contribution < -0.4 is 5.73 Å². The SMILES string of the molecule is CCCC(C)COC(=O)c1cccc(Cl)c1N. The first-order chi connectivity index (χ1) is 8.06. The Bertz CT molecular complexity index is 393. The van der Waals surface area contributed by atoms with Gasteiger partial charge in [0.2, 0.25) is 0 Å². The number of nitrogen functional groups attached to an aromatic ring is 1. The highest BCUT2D eigenvalue weighted by atomic mass is 35.5. The standard InChI is InChI=1S/C13H18ClNO2/c1-3-5-9(2)8-17-13(16)10-6-4-7-11(14)12(10)15/h4,6-7,9H,3,5,8,15H2,1-2H3. The van der Waals surface area contributed by atoms with Crippen molar-refractivity contribution in [3.8, 4) is 0 Å². The van der Waals surface area contributed by atoms with E-state index in [1.807, 2.05) is 0 Å². The minimum absolute atomic E-state index is 0.280. The topological polar surface area (TPSA) is 52.3 Å². The van der Waals surface area contributed by atoms with Crippen LogP contribution in [0.1, 0.15) is 37.0 Å². The second-order valence-corrected chi connectivity index (χ2v) is 4.60. The van der Waals surface area contributed by atoms with E-state index in [0.717, 1.165) is 12.8 Å². The molecule has 1 atom stereocenters. The smallest absolute Gasteiger partial charge is 0.340 e. The van der Waals surface area contributed by atoms with Gasteiger partial charge in [0, 0.05) is 0 Å². The second-order valence-electron chi connectivity index (χ2n) is 4.19. The molecule has 0 aromatic heterocycles. The maximum Gasteiger partial charge on any atom is 0.340 e. The van der Waals surface area contributed by atoms with Crippen LogP contribution in [0.3, 0.4) is 0 Å². The maximum absolute atomic E-state index is 11.8. The van der Waals surface area contributed by atoms with Gasteiger partial charge >= 0.3 is 5.97 Å². The Labute approximate surface area is 107 Å². The van der Waals surface area contributed by atoms with Crippen molar-refractivity contribution in [2.24, 2.45) is 5.92 Å². The summed E-state index contributed by atoms with van der Waals surface area (Å²) < 4.78 is 5.20. The molecular formula is C13H18ClNO2. The van der Waals surface area contributed by atoms with E-state index >= 15 is 0 Å². The Balaban J connectivity index is 2.61. The van der Waals surface area contributed by atoms with Crippen molar-refractivity contribution < 1.29 is 9.53 Å². The van der Waals surface area contributed by atoms with Crippen LogP contribution in [0, 0.1) is 5.92 Å². The van der Waals surface area contributed by atoms with E-state index in [1.54, 1.807) is 18.2 Å².